The first-order chi connectivity index (χ1) is 7.20. The molecule has 16 heavy (non-hydrogen) atoms. The average Bonchev–Trinajstić information content (AvgIpc) is 2.07. The lowest BCUT2D eigenvalue weighted by molar-refractivity contribution is 0.425. The molecule has 0 atom stereocenters. The number of hydrogen-bond donors (Lipinski definition) is 2. The second kappa shape index (κ2) is 5.22. The van der Waals surface area contributed by atoms with Crippen molar-refractivity contribution >= 4 is 54.9 Å². The van der Waals surface area contributed by atoms with Crippen LogP contribution >= 0.6 is 33.3 Å². The molecular formula is C8H9BClIO4S. The van der Waals surface area contributed by atoms with E-state index in [2.05, 4.69) is 0 Å². The summed E-state index contributed by atoms with van der Waals surface area (Å²) in [6, 6.07) is 3.09. The predicted octanol–water partition coefficient (Wildman–Crippen LogP) is 0.348. The molecule has 0 saturated carbocycles. The summed E-state index contributed by atoms with van der Waals surface area (Å²) in [5.41, 5.74) is 1.45. The molecule has 1 aromatic carbocycles. The van der Waals surface area contributed by atoms with Crippen molar-refractivity contribution in [1.82, 2.24) is 0 Å². The van der Waals surface area contributed by atoms with Crippen LogP contribution in [0.4, 0.5) is 0 Å². The number of halogens is 2. The molecule has 4 nitrogen and oxygen atoms in total. The standard InChI is InChI=1S/C8H9BClIO4S/c1-5-7(9(12)13)2-6(3-8(5)11)4-16(10,14)15/h2-3,12-13H,4H2,1H3. The van der Waals surface area contributed by atoms with Gasteiger partial charge in [-0.3, -0.25) is 0 Å². The van der Waals surface area contributed by atoms with E-state index in [4.69, 9.17) is 20.7 Å². The van der Waals surface area contributed by atoms with Gasteiger partial charge < -0.3 is 10.0 Å². The molecule has 1 aromatic rings. The lowest BCUT2D eigenvalue weighted by Gasteiger charge is -2.09. The minimum absolute atomic E-state index is 0.294. The van der Waals surface area contributed by atoms with Crippen molar-refractivity contribution in [2.45, 2.75) is 12.7 Å². The van der Waals surface area contributed by atoms with Gasteiger partial charge in [0.1, 0.15) is 0 Å². The molecule has 0 spiro atoms. The molecule has 0 radical (unpaired) electrons. The van der Waals surface area contributed by atoms with Gasteiger partial charge in [0.05, 0.1) is 5.75 Å². The van der Waals surface area contributed by atoms with Crippen molar-refractivity contribution < 1.29 is 18.5 Å². The van der Waals surface area contributed by atoms with Crippen LogP contribution in [-0.2, 0) is 14.8 Å². The first kappa shape index (κ1) is 14.2. The topological polar surface area (TPSA) is 74.6 Å². The highest BCUT2D eigenvalue weighted by Crippen LogP contribution is 2.16. The van der Waals surface area contributed by atoms with E-state index >= 15 is 0 Å². The number of hydrogen-bond acceptors (Lipinski definition) is 4. The largest absolute Gasteiger partial charge is 0.488 e. The number of benzene rings is 1. The maximum absolute atomic E-state index is 10.9. The summed E-state index contributed by atoms with van der Waals surface area (Å²) in [6.07, 6.45) is 0. The third-order valence-electron chi connectivity index (χ3n) is 2.06. The molecule has 88 valence electrons. The molecule has 0 fully saturated rings. The zero-order chi connectivity index (χ0) is 12.5. The van der Waals surface area contributed by atoms with Crippen molar-refractivity contribution in [2.24, 2.45) is 0 Å². The Balaban J connectivity index is 3.24. The average molecular weight is 374 g/mol. The van der Waals surface area contributed by atoms with E-state index in [9.17, 15) is 8.42 Å². The monoisotopic (exact) mass is 374 g/mol. The van der Waals surface area contributed by atoms with E-state index in [1.165, 1.54) is 6.07 Å². The SMILES string of the molecule is Cc1c(I)cc(CS(=O)(=O)Cl)cc1B(O)O. The molecule has 2 N–H and O–H groups in total. The molecular weight excluding hydrogens is 365 g/mol. The number of rotatable bonds is 3. The lowest BCUT2D eigenvalue weighted by Crippen LogP contribution is -2.33. The van der Waals surface area contributed by atoms with Gasteiger partial charge in [0.2, 0.25) is 9.05 Å². The van der Waals surface area contributed by atoms with Gasteiger partial charge in [-0.2, -0.15) is 0 Å². The Morgan fingerprint density at radius 3 is 2.44 bits per heavy atom. The highest BCUT2D eigenvalue weighted by molar-refractivity contribution is 14.1. The first-order valence-corrected chi connectivity index (χ1v) is 7.84. The van der Waals surface area contributed by atoms with Crippen LogP contribution in [0.5, 0.6) is 0 Å². The smallest absolute Gasteiger partial charge is 0.423 e. The molecule has 0 unspecified atom stereocenters. The molecule has 0 aliphatic heterocycles. The van der Waals surface area contributed by atoms with E-state index in [1.807, 2.05) is 22.6 Å². The fourth-order valence-electron chi connectivity index (χ4n) is 1.31. The Labute approximate surface area is 112 Å². The van der Waals surface area contributed by atoms with Gasteiger partial charge in [0.25, 0.3) is 0 Å². The van der Waals surface area contributed by atoms with E-state index in [0.29, 0.717) is 16.6 Å². The summed E-state index contributed by atoms with van der Waals surface area (Å²) in [5.74, 6) is -0.329. The zero-order valence-corrected chi connectivity index (χ0v) is 12.0. The van der Waals surface area contributed by atoms with Gasteiger partial charge in [-0.05, 0) is 52.2 Å². The van der Waals surface area contributed by atoms with Crippen molar-refractivity contribution in [3.63, 3.8) is 0 Å². The Bertz CT molecular complexity index is 503. The molecule has 0 aliphatic rings. The molecule has 0 amide bonds. The lowest BCUT2D eigenvalue weighted by atomic mass is 9.77. The quantitative estimate of drug-likeness (QED) is 0.455. The van der Waals surface area contributed by atoms with E-state index < -0.39 is 16.2 Å². The maximum atomic E-state index is 10.9. The van der Waals surface area contributed by atoms with Crippen LogP contribution in [0.1, 0.15) is 11.1 Å². The molecule has 0 saturated heterocycles. The van der Waals surface area contributed by atoms with Crippen LogP contribution in [0.15, 0.2) is 12.1 Å². The summed E-state index contributed by atoms with van der Waals surface area (Å²) in [4.78, 5) is 0. The molecule has 0 heterocycles. The van der Waals surface area contributed by atoms with Crippen LogP contribution in [0, 0.1) is 10.5 Å². The van der Waals surface area contributed by atoms with E-state index in [1.54, 1.807) is 13.0 Å². The van der Waals surface area contributed by atoms with Crippen LogP contribution in [0.25, 0.3) is 0 Å². The van der Waals surface area contributed by atoms with Gasteiger partial charge >= 0.3 is 7.12 Å². The Kier molecular flexibility index (Phi) is 4.64. The van der Waals surface area contributed by atoms with Gasteiger partial charge in [0.15, 0.2) is 0 Å². The molecule has 0 aliphatic carbocycles. The predicted molar refractivity (Wildman–Crippen MR) is 72.2 cm³/mol. The third kappa shape index (κ3) is 3.88. The Morgan fingerprint density at radius 1 is 1.44 bits per heavy atom. The molecule has 8 heteroatoms. The summed E-state index contributed by atoms with van der Waals surface area (Å²) in [7, 11) is -0.126. The summed E-state index contributed by atoms with van der Waals surface area (Å²) >= 11 is 2.00. The highest BCUT2D eigenvalue weighted by atomic mass is 127. The second-order valence-electron chi connectivity index (χ2n) is 3.35. The third-order valence-corrected chi connectivity index (χ3v) is 4.19. The zero-order valence-electron chi connectivity index (χ0n) is 8.31. The fourth-order valence-corrected chi connectivity index (χ4v) is 2.96. The minimum Gasteiger partial charge on any atom is -0.423 e. The van der Waals surface area contributed by atoms with Crippen molar-refractivity contribution in [3.8, 4) is 0 Å². The van der Waals surface area contributed by atoms with Gasteiger partial charge in [-0.1, -0.05) is 6.07 Å². The second-order valence-corrected chi connectivity index (χ2v) is 7.29. The molecule has 1 rings (SSSR count). The van der Waals surface area contributed by atoms with Crippen molar-refractivity contribution in [2.75, 3.05) is 0 Å². The van der Waals surface area contributed by atoms with Crippen molar-refractivity contribution in [3.05, 3.63) is 26.8 Å². The van der Waals surface area contributed by atoms with Crippen molar-refractivity contribution in [1.29, 1.82) is 0 Å². The van der Waals surface area contributed by atoms with Crippen LogP contribution in [-0.4, -0.2) is 25.6 Å². The molecule has 0 aromatic heterocycles. The van der Waals surface area contributed by atoms with Crippen LogP contribution < -0.4 is 5.46 Å². The minimum atomic E-state index is -3.64. The first-order valence-electron chi connectivity index (χ1n) is 4.28. The summed E-state index contributed by atoms with van der Waals surface area (Å²) in [6.45, 7) is 1.73. The molecule has 0 bridgehead atoms. The van der Waals surface area contributed by atoms with E-state index in [-0.39, 0.29) is 5.75 Å². The summed E-state index contributed by atoms with van der Waals surface area (Å²) < 4.78 is 22.6. The van der Waals surface area contributed by atoms with Crippen LogP contribution in [0.3, 0.4) is 0 Å². The summed E-state index contributed by atoms with van der Waals surface area (Å²) in [5, 5.41) is 18.2. The normalized spacial score (nSPS) is 11.6. The van der Waals surface area contributed by atoms with Gasteiger partial charge in [-0.15, -0.1) is 0 Å². The van der Waals surface area contributed by atoms with Gasteiger partial charge in [0, 0.05) is 14.3 Å². The maximum Gasteiger partial charge on any atom is 0.488 e. The van der Waals surface area contributed by atoms with Gasteiger partial charge in [-0.25, -0.2) is 8.42 Å². The van der Waals surface area contributed by atoms with E-state index in [0.717, 1.165) is 3.57 Å². The fraction of sp³-hybridized carbons (Fsp3) is 0.250. The highest BCUT2D eigenvalue weighted by Gasteiger charge is 2.18. The Hall–Kier alpha value is 0.175. The van der Waals surface area contributed by atoms with Crippen LogP contribution in [0.2, 0.25) is 0 Å². The Morgan fingerprint density at radius 2 is 2.00 bits per heavy atom.